The van der Waals surface area contributed by atoms with Crippen molar-refractivity contribution in [3.63, 3.8) is 0 Å². The van der Waals surface area contributed by atoms with Gasteiger partial charge < -0.3 is 24.6 Å². The summed E-state index contributed by atoms with van der Waals surface area (Å²) >= 11 is 5.91. The second-order valence-corrected chi connectivity index (χ2v) is 6.82. The lowest BCUT2D eigenvalue weighted by molar-refractivity contribution is -0.122. The van der Waals surface area contributed by atoms with Crippen LogP contribution in [0.2, 0.25) is 5.02 Å². The molecule has 3 aromatic rings. The predicted molar refractivity (Wildman–Crippen MR) is 105 cm³/mol. The molecule has 0 radical (unpaired) electrons. The molecule has 0 aliphatic carbocycles. The highest BCUT2D eigenvalue weighted by Gasteiger charge is 2.31. The number of carbonyl (C=O) groups is 2. The number of aromatic carboxylic acids is 1. The van der Waals surface area contributed by atoms with Gasteiger partial charge in [0.2, 0.25) is 0 Å². The van der Waals surface area contributed by atoms with Crippen LogP contribution < -0.4 is 4.90 Å². The van der Waals surface area contributed by atoms with Crippen LogP contribution in [0.25, 0.3) is 11.3 Å². The smallest absolute Gasteiger partial charge is 0.343 e. The van der Waals surface area contributed by atoms with Crippen molar-refractivity contribution in [2.75, 3.05) is 18.0 Å². The van der Waals surface area contributed by atoms with Crippen molar-refractivity contribution in [2.24, 2.45) is 0 Å². The number of nitrogens with one attached hydrogen (secondary N) is 1. The van der Waals surface area contributed by atoms with E-state index in [2.05, 4.69) is 15.1 Å². The average molecular weight is 419 g/mol. The molecule has 0 saturated carbocycles. The number of anilines is 1. The Hall–Kier alpha value is -3.33. The molecule has 1 aliphatic heterocycles. The summed E-state index contributed by atoms with van der Waals surface area (Å²) in [6.07, 6.45) is 5.44. The number of carboxylic acids is 1. The molecule has 3 heterocycles. The minimum absolute atomic E-state index is 0.0763. The first kappa shape index (κ1) is 20.4. The van der Waals surface area contributed by atoms with Crippen molar-refractivity contribution >= 4 is 29.9 Å². The molecule has 1 fully saturated rings. The quantitative estimate of drug-likeness (QED) is 0.548. The highest BCUT2D eigenvalue weighted by Crippen LogP contribution is 2.35. The van der Waals surface area contributed by atoms with Gasteiger partial charge in [-0.15, -0.1) is 0 Å². The fraction of sp³-hybridized carbons (Fsp3) is 0.263. The molecular weight excluding hydrogens is 400 g/mol. The Labute approximate surface area is 170 Å². The lowest BCUT2D eigenvalue weighted by Crippen LogP contribution is -2.35. The summed E-state index contributed by atoms with van der Waals surface area (Å²) < 4.78 is 5.42. The summed E-state index contributed by atoms with van der Waals surface area (Å²) in [5, 5.41) is 21.3. The average Bonchev–Trinajstić information content (AvgIpc) is 3.40. The predicted octanol–water partition coefficient (Wildman–Crippen LogP) is 3.50. The third-order valence-corrected chi connectivity index (χ3v) is 4.87. The molecule has 152 valence electrons. The number of halogens is 1. The Morgan fingerprint density at radius 2 is 2.07 bits per heavy atom. The van der Waals surface area contributed by atoms with Gasteiger partial charge >= 0.3 is 5.97 Å². The summed E-state index contributed by atoms with van der Waals surface area (Å²) in [5.41, 5.74) is 0.706. The van der Waals surface area contributed by atoms with E-state index in [9.17, 15) is 9.90 Å². The van der Waals surface area contributed by atoms with E-state index in [4.69, 9.17) is 26.0 Å². The monoisotopic (exact) mass is 418 g/mol. The van der Waals surface area contributed by atoms with Crippen molar-refractivity contribution in [1.82, 2.24) is 15.1 Å². The van der Waals surface area contributed by atoms with E-state index < -0.39 is 5.97 Å². The van der Waals surface area contributed by atoms with Crippen LogP contribution in [0.5, 0.6) is 0 Å². The number of aromatic nitrogens is 3. The maximum Gasteiger partial charge on any atom is 0.343 e. The first-order valence-corrected chi connectivity index (χ1v) is 9.24. The Morgan fingerprint density at radius 1 is 1.34 bits per heavy atom. The second-order valence-electron chi connectivity index (χ2n) is 6.39. The second kappa shape index (κ2) is 9.24. The van der Waals surface area contributed by atoms with Crippen molar-refractivity contribution in [2.45, 2.75) is 18.8 Å². The van der Waals surface area contributed by atoms with Crippen molar-refractivity contribution in [3.05, 3.63) is 53.1 Å². The van der Waals surface area contributed by atoms with Gasteiger partial charge in [0.25, 0.3) is 6.47 Å². The lowest BCUT2D eigenvalue weighted by atomic mass is 9.97. The minimum Gasteiger partial charge on any atom is -0.483 e. The number of carboxylic acid groups (broad SMARTS) is 2. The van der Waals surface area contributed by atoms with E-state index in [1.165, 1.54) is 0 Å². The SMILES string of the molecule is O=C(O)c1c(N2CCCC(c3ncc[nH]3)C2)noc1-c1ccc(Cl)cc1.O=CO. The van der Waals surface area contributed by atoms with E-state index in [0.29, 0.717) is 22.9 Å². The molecule has 2 aromatic heterocycles. The van der Waals surface area contributed by atoms with Crippen LogP contribution in [0.4, 0.5) is 5.82 Å². The van der Waals surface area contributed by atoms with Gasteiger partial charge in [0.1, 0.15) is 5.82 Å². The molecule has 29 heavy (non-hydrogen) atoms. The fourth-order valence-corrected chi connectivity index (χ4v) is 3.51. The summed E-state index contributed by atoms with van der Waals surface area (Å²) in [6.45, 7) is 1.12. The molecule has 9 nitrogen and oxygen atoms in total. The molecule has 0 amide bonds. The van der Waals surface area contributed by atoms with Gasteiger partial charge in [-0.05, 0) is 37.1 Å². The van der Waals surface area contributed by atoms with Crippen LogP contribution in [-0.2, 0) is 4.79 Å². The van der Waals surface area contributed by atoms with Gasteiger partial charge in [0.15, 0.2) is 17.1 Å². The van der Waals surface area contributed by atoms with Crippen LogP contribution in [0.3, 0.4) is 0 Å². The van der Waals surface area contributed by atoms with Crippen molar-refractivity contribution in [3.8, 4) is 11.3 Å². The number of H-pyrrole nitrogens is 1. The molecule has 3 N–H and O–H groups in total. The summed E-state index contributed by atoms with van der Waals surface area (Å²) in [6, 6.07) is 6.83. The minimum atomic E-state index is -1.06. The third-order valence-electron chi connectivity index (χ3n) is 4.62. The molecular formula is C19H19ClN4O5. The van der Waals surface area contributed by atoms with E-state index in [0.717, 1.165) is 25.2 Å². The van der Waals surface area contributed by atoms with Crippen LogP contribution in [-0.4, -0.2) is 50.9 Å². The number of rotatable bonds is 4. The Kier molecular flexibility index (Phi) is 6.50. The topological polar surface area (TPSA) is 133 Å². The van der Waals surface area contributed by atoms with Gasteiger partial charge in [0.05, 0.1) is 0 Å². The van der Waals surface area contributed by atoms with Crippen LogP contribution in [0.1, 0.15) is 34.9 Å². The van der Waals surface area contributed by atoms with E-state index in [1.807, 2.05) is 4.90 Å². The number of piperidine rings is 1. The lowest BCUT2D eigenvalue weighted by Gasteiger charge is -2.31. The number of benzene rings is 1. The number of nitrogens with zero attached hydrogens (tertiary/aromatic N) is 3. The zero-order chi connectivity index (χ0) is 20.8. The molecule has 0 spiro atoms. The van der Waals surface area contributed by atoms with Gasteiger partial charge in [-0.1, -0.05) is 16.8 Å². The van der Waals surface area contributed by atoms with Gasteiger partial charge in [-0.3, -0.25) is 4.79 Å². The number of hydrogen-bond acceptors (Lipinski definition) is 6. The fourth-order valence-electron chi connectivity index (χ4n) is 3.38. The standard InChI is InChI=1S/C18H17ClN4O3.CH2O2/c19-13-5-3-11(4-6-13)15-14(18(24)25)17(22-26-15)23-9-1-2-12(10-23)16-20-7-8-21-16;2-1-3/h3-8,12H,1-2,9-10H2,(H,20,21)(H,24,25);1H,(H,2,3). The largest absolute Gasteiger partial charge is 0.483 e. The summed E-state index contributed by atoms with van der Waals surface area (Å²) in [4.78, 5) is 29.7. The van der Waals surface area contributed by atoms with E-state index in [-0.39, 0.29) is 23.7 Å². The molecule has 1 unspecified atom stereocenters. The van der Waals surface area contributed by atoms with Crippen LogP contribution in [0, 0.1) is 0 Å². The van der Waals surface area contributed by atoms with Crippen molar-refractivity contribution < 1.29 is 24.3 Å². The maximum atomic E-state index is 11.9. The number of aromatic amines is 1. The molecule has 1 saturated heterocycles. The zero-order valence-electron chi connectivity index (χ0n) is 15.3. The van der Waals surface area contributed by atoms with Gasteiger partial charge in [0, 0.05) is 42.0 Å². The normalized spacial score (nSPS) is 16.0. The van der Waals surface area contributed by atoms with Crippen LogP contribution >= 0.6 is 11.6 Å². The van der Waals surface area contributed by atoms with Crippen molar-refractivity contribution in [1.29, 1.82) is 0 Å². The Morgan fingerprint density at radius 3 is 2.69 bits per heavy atom. The first-order chi connectivity index (χ1) is 14.0. The summed E-state index contributed by atoms with van der Waals surface area (Å²) in [7, 11) is 0. The molecule has 4 rings (SSSR count). The molecule has 0 bridgehead atoms. The zero-order valence-corrected chi connectivity index (χ0v) is 16.0. The Balaban J connectivity index is 0.000000755. The number of imidazole rings is 1. The molecule has 1 aromatic carbocycles. The molecule has 1 aliphatic rings. The molecule has 10 heteroatoms. The van der Waals surface area contributed by atoms with Gasteiger partial charge in [-0.25, -0.2) is 9.78 Å². The number of hydrogen-bond donors (Lipinski definition) is 3. The van der Waals surface area contributed by atoms with E-state index >= 15 is 0 Å². The highest BCUT2D eigenvalue weighted by atomic mass is 35.5. The first-order valence-electron chi connectivity index (χ1n) is 8.86. The Bertz CT molecular complexity index is 956. The van der Waals surface area contributed by atoms with Gasteiger partial charge in [-0.2, -0.15) is 0 Å². The van der Waals surface area contributed by atoms with E-state index in [1.54, 1.807) is 36.7 Å². The summed E-state index contributed by atoms with van der Waals surface area (Å²) in [5.74, 6) is 0.651. The molecule has 1 atom stereocenters. The maximum absolute atomic E-state index is 11.9. The highest BCUT2D eigenvalue weighted by molar-refractivity contribution is 6.30. The third kappa shape index (κ3) is 4.57. The van der Waals surface area contributed by atoms with Crippen LogP contribution in [0.15, 0.2) is 41.2 Å².